The van der Waals surface area contributed by atoms with E-state index in [2.05, 4.69) is 50.0 Å². The molecule has 6 rings (SSSR count). The fourth-order valence-corrected chi connectivity index (χ4v) is 9.50. The molecule has 4 aliphatic carbocycles. The van der Waals surface area contributed by atoms with Crippen LogP contribution in [0.25, 0.3) is 10.9 Å². The normalized spacial score (nSPS) is 43.2. The molecule has 1 N–H and O–H groups in total. The number of H-pyrrole nitrogens is 1. The van der Waals surface area contributed by atoms with Crippen LogP contribution in [-0.4, -0.2) is 17.6 Å². The molecule has 0 saturated heterocycles. The first kappa shape index (κ1) is 19.9. The Morgan fingerprint density at radius 2 is 1.84 bits per heavy atom. The molecule has 31 heavy (non-hydrogen) atoms. The van der Waals surface area contributed by atoms with Gasteiger partial charge < -0.3 is 9.72 Å². The predicted octanol–water partition coefficient (Wildman–Crippen LogP) is 6.65. The van der Waals surface area contributed by atoms with E-state index in [4.69, 9.17) is 4.74 Å². The van der Waals surface area contributed by atoms with Crippen molar-refractivity contribution in [3.63, 3.8) is 0 Å². The number of para-hydroxylation sites is 1. The predicted molar refractivity (Wildman–Crippen MR) is 124 cm³/mol. The van der Waals surface area contributed by atoms with E-state index in [-0.39, 0.29) is 27.6 Å². The van der Waals surface area contributed by atoms with Gasteiger partial charge in [0.15, 0.2) is 0 Å². The molecule has 1 aromatic carbocycles. The number of rotatable bonds is 2. The Labute approximate surface area is 186 Å². The molecule has 0 radical (unpaired) electrons. The fourth-order valence-electron chi connectivity index (χ4n) is 9.50. The maximum Gasteiger partial charge on any atom is 0.312 e. The Hall–Kier alpha value is -1.77. The number of aromatic amines is 1. The average molecular weight is 420 g/mol. The molecule has 4 aliphatic rings. The second-order valence-electron chi connectivity index (χ2n) is 12.0. The number of esters is 1. The number of fused-ring (bicyclic) bond motifs is 7. The highest BCUT2D eigenvalue weighted by Crippen LogP contribution is 2.73. The molecule has 3 saturated carbocycles. The molecule has 1 aromatic heterocycles. The van der Waals surface area contributed by atoms with Crippen molar-refractivity contribution in [3.05, 3.63) is 35.5 Å². The van der Waals surface area contributed by atoms with Gasteiger partial charge in [-0.05, 0) is 87.7 Å². The Bertz CT molecular complexity index is 1070. The van der Waals surface area contributed by atoms with E-state index < -0.39 is 0 Å². The van der Waals surface area contributed by atoms with Gasteiger partial charge in [-0.3, -0.25) is 4.79 Å². The van der Waals surface area contributed by atoms with Gasteiger partial charge in [-0.2, -0.15) is 0 Å². The first-order chi connectivity index (χ1) is 14.8. The smallest absolute Gasteiger partial charge is 0.312 e. The summed E-state index contributed by atoms with van der Waals surface area (Å²) < 4.78 is 5.65. The molecule has 2 aromatic rings. The molecular formula is C28H37NO2. The van der Waals surface area contributed by atoms with Gasteiger partial charge in [-0.25, -0.2) is 0 Å². The standard InChI is InChI=1S/C28H37NO2/c1-5-31-24(30)27(4)14-8-13-26(3)20(27)12-16-28-17-25(2,15-11-21(26)28)23-22(28)18-9-6-7-10-19(18)29-23/h6-7,9-10,20-21,29H,5,8,11-17H2,1-4H3/t20?,21?,25-,26+,27+,28?/m0/s1. The van der Waals surface area contributed by atoms with Crippen molar-refractivity contribution >= 4 is 16.9 Å². The number of carbonyl (C=O) groups is 1. The first-order valence-corrected chi connectivity index (χ1v) is 12.6. The Morgan fingerprint density at radius 1 is 1.06 bits per heavy atom. The van der Waals surface area contributed by atoms with Gasteiger partial charge in [0.25, 0.3) is 0 Å². The maximum atomic E-state index is 13.2. The molecule has 1 heterocycles. The number of aromatic nitrogens is 1. The number of hydrogen-bond donors (Lipinski definition) is 1. The van der Waals surface area contributed by atoms with E-state index in [9.17, 15) is 4.79 Å². The zero-order valence-electron chi connectivity index (χ0n) is 19.6. The molecule has 166 valence electrons. The van der Waals surface area contributed by atoms with Gasteiger partial charge in [0.1, 0.15) is 0 Å². The van der Waals surface area contributed by atoms with Crippen LogP contribution in [0.3, 0.4) is 0 Å². The lowest BCUT2D eigenvalue weighted by atomic mass is 9.39. The topological polar surface area (TPSA) is 42.1 Å². The summed E-state index contributed by atoms with van der Waals surface area (Å²) in [6, 6.07) is 8.96. The van der Waals surface area contributed by atoms with Gasteiger partial charge in [0.2, 0.25) is 0 Å². The molecule has 1 spiro atoms. The van der Waals surface area contributed by atoms with Crippen LogP contribution in [0, 0.1) is 22.7 Å². The molecule has 3 heteroatoms. The summed E-state index contributed by atoms with van der Waals surface area (Å²) in [5.41, 5.74) is 4.91. The lowest BCUT2D eigenvalue weighted by Gasteiger charge is -2.64. The molecule has 0 amide bonds. The van der Waals surface area contributed by atoms with Crippen LogP contribution >= 0.6 is 0 Å². The van der Waals surface area contributed by atoms with Crippen LogP contribution < -0.4 is 0 Å². The molecular weight excluding hydrogens is 382 g/mol. The first-order valence-electron chi connectivity index (χ1n) is 12.6. The van der Waals surface area contributed by atoms with Crippen LogP contribution in [0.5, 0.6) is 0 Å². The maximum absolute atomic E-state index is 13.2. The van der Waals surface area contributed by atoms with Crippen LogP contribution in [-0.2, 0) is 20.4 Å². The van der Waals surface area contributed by atoms with Crippen LogP contribution in [0.15, 0.2) is 24.3 Å². The number of hydrogen-bond acceptors (Lipinski definition) is 2. The Balaban J connectivity index is 1.50. The second kappa shape index (κ2) is 6.17. The van der Waals surface area contributed by atoms with E-state index in [0.29, 0.717) is 18.4 Å². The fraction of sp³-hybridized carbons (Fsp3) is 0.679. The van der Waals surface area contributed by atoms with Crippen molar-refractivity contribution in [1.82, 2.24) is 4.98 Å². The van der Waals surface area contributed by atoms with Crippen molar-refractivity contribution in [1.29, 1.82) is 0 Å². The van der Waals surface area contributed by atoms with Crippen LogP contribution in [0.4, 0.5) is 0 Å². The van der Waals surface area contributed by atoms with Crippen molar-refractivity contribution < 1.29 is 9.53 Å². The minimum absolute atomic E-state index is 0.0572. The number of ether oxygens (including phenoxy) is 1. The van der Waals surface area contributed by atoms with Crippen molar-refractivity contribution in [2.75, 3.05) is 6.61 Å². The number of benzene rings is 1. The summed E-state index contributed by atoms with van der Waals surface area (Å²) in [4.78, 5) is 17.1. The Morgan fingerprint density at radius 3 is 2.65 bits per heavy atom. The Kier molecular flexibility index (Phi) is 3.96. The lowest BCUT2D eigenvalue weighted by molar-refractivity contribution is -0.180. The minimum atomic E-state index is -0.326. The van der Waals surface area contributed by atoms with Crippen LogP contribution in [0.2, 0.25) is 0 Å². The van der Waals surface area contributed by atoms with E-state index in [1.807, 2.05) is 6.92 Å². The van der Waals surface area contributed by atoms with E-state index in [1.54, 1.807) is 5.56 Å². The largest absolute Gasteiger partial charge is 0.466 e. The summed E-state index contributed by atoms with van der Waals surface area (Å²) in [5, 5.41) is 1.46. The molecule has 3 fully saturated rings. The third-order valence-corrected chi connectivity index (χ3v) is 10.6. The van der Waals surface area contributed by atoms with Gasteiger partial charge in [0, 0.05) is 27.4 Å². The summed E-state index contributed by atoms with van der Waals surface area (Å²) in [6.07, 6.45) is 9.60. The van der Waals surface area contributed by atoms with Gasteiger partial charge in [-0.15, -0.1) is 0 Å². The van der Waals surface area contributed by atoms with Crippen molar-refractivity contribution in [2.24, 2.45) is 22.7 Å². The van der Waals surface area contributed by atoms with Gasteiger partial charge >= 0.3 is 5.97 Å². The third kappa shape index (κ3) is 2.28. The molecule has 2 bridgehead atoms. The molecule has 6 atom stereocenters. The highest BCUT2D eigenvalue weighted by Gasteiger charge is 2.68. The zero-order chi connectivity index (χ0) is 21.6. The van der Waals surface area contributed by atoms with E-state index in [1.165, 1.54) is 48.7 Å². The summed E-state index contributed by atoms with van der Waals surface area (Å²) >= 11 is 0. The molecule has 3 unspecified atom stereocenters. The zero-order valence-corrected chi connectivity index (χ0v) is 19.6. The highest BCUT2D eigenvalue weighted by molar-refractivity contribution is 5.88. The highest BCUT2D eigenvalue weighted by atomic mass is 16.5. The minimum Gasteiger partial charge on any atom is -0.466 e. The third-order valence-electron chi connectivity index (χ3n) is 10.6. The summed E-state index contributed by atoms with van der Waals surface area (Å²) in [7, 11) is 0. The second-order valence-corrected chi connectivity index (χ2v) is 12.0. The van der Waals surface area contributed by atoms with Gasteiger partial charge in [0.05, 0.1) is 12.0 Å². The SMILES string of the molecule is CCOC(=O)[C@]1(C)CCC[C@@]2(C)C3CC[C@@]4(C)CC3(CCC21)c1c4[nH]c2ccccc12. The lowest BCUT2D eigenvalue weighted by Crippen LogP contribution is -2.60. The van der Waals surface area contributed by atoms with E-state index >= 15 is 0 Å². The van der Waals surface area contributed by atoms with Gasteiger partial charge in [-0.1, -0.05) is 38.5 Å². The summed E-state index contributed by atoms with van der Waals surface area (Å²) in [6.45, 7) is 9.71. The quantitative estimate of drug-likeness (QED) is 0.554. The van der Waals surface area contributed by atoms with E-state index in [0.717, 1.165) is 19.3 Å². The summed E-state index contributed by atoms with van der Waals surface area (Å²) in [5.74, 6) is 1.14. The monoisotopic (exact) mass is 419 g/mol. The molecule has 0 aliphatic heterocycles. The van der Waals surface area contributed by atoms with Crippen molar-refractivity contribution in [2.45, 2.75) is 89.9 Å². The van der Waals surface area contributed by atoms with Crippen LogP contribution in [0.1, 0.15) is 90.3 Å². The number of carbonyl (C=O) groups excluding carboxylic acids is 1. The molecule has 3 nitrogen and oxygen atoms in total. The number of nitrogens with one attached hydrogen (secondary N) is 1. The average Bonchev–Trinajstić information content (AvgIpc) is 3.21. The van der Waals surface area contributed by atoms with Crippen molar-refractivity contribution in [3.8, 4) is 0 Å².